The van der Waals surface area contributed by atoms with Gasteiger partial charge in [-0.05, 0) is 31.5 Å². The highest BCUT2D eigenvalue weighted by atomic mass is 32.2. The largest absolute Gasteiger partial charge is 0.461 e. The first-order valence-corrected chi connectivity index (χ1v) is 6.38. The molecule has 72 valence electrons. The van der Waals surface area contributed by atoms with E-state index in [0.717, 1.165) is 0 Å². The van der Waals surface area contributed by atoms with Gasteiger partial charge in [0.25, 0.3) is 5.17 Å². The summed E-state index contributed by atoms with van der Waals surface area (Å²) in [5.74, 6) is 1.17. The van der Waals surface area contributed by atoms with Gasteiger partial charge in [0.15, 0.2) is 0 Å². The highest BCUT2D eigenvalue weighted by molar-refractivity contribution is 8.00. The van der Waals surface area contributed by atoms with Crippen molar-refractivity contribution in [3.8, 4) is 0 Å². The average Bonchev–Trinajstić information content (AvgIpc) is 2.57. The minimum atomic E-state index is 0.0833. The van der Waals surface area contributed by atoms with Gasteiger partial charge in [-0.15, -0.1) is 0 Å². The topological polar surface area (TPSA) is 21.3 Å². The molecule has 2 aliphatic heterocycles. The molecule has 13 heavy (non-hydrogen) atoms. The fourth-order valence-electron chi connectivity index (χ4n) is 2.81. The van der Waals surface area contributed by atoms with Gasteiger partial charge in [0, 0.05) is 11.0 Å². The lowest BCUT2D eigenvalue weighted by Crippen LogP contribution is -2.48. The number of hydrogen-bond donors (Lipinski definition) is 1. The van der Waals surface area contributed by atoms with Crippen molar-refractivity contribution in [2.75, 3.05) is 5.75 Å². The monoisotopic (exact) mass is 215 g/mol. The Hall–Kier alpha value is 0.0400. The van der Waals surface area contributed by atoms with E-state index in [1.807, 2.05) is 0 Å². The quantitative estimate of drug-likeness (QED) is 0.621. The Morgan fingerprint density at radius 1 is 1.54 bits per heavy atom. The summed E-state index contributed by atoms with van der Waals surface area (Å²) in [5, 5.41) is 4.62. The van der Waals surface area contributed by atoms with Gasteiger partial charge in [0.1, 0.15) is 5.60 Å². The maximum Gasteiger partial charge on any atom is 0.257 e. The lowest BCUT2D eigenvalue weighted by molar-refractivity contribution is 0.0457. The van der Waals surface area contributed by atoms with E-state index in [9.17, 15) is 0 Å². The zero-order chi connectivity index (χ0) is 8.89. The number of thioether (sulfide) groups is 1. The standard InChI is InChI=1S/C9H13NOS2/c12-8-10-6-5-13-7-3-1-2-4-9(6,7)11-8/h6-7H,1-5H2,(H,10,12)/t6-,7-,9-/m0/s1. The van der Waals surface area contributed by atoms with Gasteiger partial charge in [-0.1, -0.05) is 6.42 Å². The molecule has 4 heteroatoms. The molecule has 3 aliphatic rings. The van der Waals surface area contributed by atoms with Gasteiger partial charge in [0.05, 0.1) is 6.04 Å². The third-order valence-electron chi connectivity index (χ3n) is 3.46. The molecule has 0 aromatic heterocycles. The van der Waals surface area contributed by atoms with Crippen molar-refractivity contribution in [3.05, 3.63) is 0 Å². The second-order valence-electron chi connectivity index (χ2n) is 4.11. The van der Waals surface area contributed by atoms with Crippen LogP contribution in [-0.2, 0) is 4.74 Å². The van der Waals surface area contributed by atoms with Gasteiger partial charge in [-0.2, -0.15) is 11.8 Å². The van der Waals surface area contributed by atoms with Crippen LogP contribution >= 0.6 is 24.0 Å². The van der Waals surface area contributed by atoms with Gasteiger partial charge in [0.2, 0.25) is 0 Å². The highest BCUT2D eigenvalue weighted by Crippen LogP contribution is 2.49. The molecule has 0 bridgehead atoms. The zero-order valence-corrected chi connectivity index (χ0v) is 9.05. The second-order valence-corrected chi connectivity index (χ2v) is 5.72. The summed E-state index contributed by atoms with van der Waals surface area (Å²) in [7, 11) is 0. The molecule has 0 unspecified atom stereocenters. The van der Waals surface area contributed by atoms with Crippen molar-refractivity contribution in [3.63, 3.8) is 0 Å². The van der Waals surface area contributed by atoms with Crippen LogP contribution in [0.1, 0.15) is 25.7 Å². The molecule has 1 aliphatic carbocycles. The van der Waals surface area contributed by atoms with E-state index < -0.39 is 0 Å². The molecule has 1 spiro atoms. The summed E-state index contributed by atoms with van der Waals surface area (Å²) in [4.78, 5) is 0. The SMILES string of the molecule is S=C1N[C@H]2CS[C@H]3CCCC[C@]23O1. The summed E-state index contributed by atoms with van der Waals surface area (Å²) in [6.07, 6.45) is 5.17. The van der Waals surface area contributed by atoms with E-state index in [4.69, 9.17) is 17.0 Å². The third kappa shape index (κ3) is 1.05. The lowest BCUT2D eigenvalue weighted by Gasteiger charge is -2.36. The Morgan fingerprint density at radius 3 is 3.38 bits per heavy atom. The fourth-order valence-corrected chi connectivity index (χ4v) is 4.84. The van der Waals surface area contributed by atoms with Gasteiger partial charge in [-0.3, -0.25) is 0 Å². The normalized spacial score (nSPS) is 47.8. The maximum atomic E-state index is 5.88. The Morgan fingerprint density at radius 2 is 2.46 bits per heavy atom. The van der Waals surface area contributed by atoms with Crippen molar-refractivity contribution >= 4 is 29.2 Å². The molecule has 3 fully saturated rings. The fraction of sp³-hybridized carbons (Fsp3) is 0.889. The molecule has 3 rings (SSSR count). The molecule has 3 atom stereocenters. The van der Waals surface area contributed by atoms with Crippen LogP contribution in [0.3, 0.4) is 0 Å². The van der Waals surface area contributed by atoms with Crippen LogP contribution in [-0.4, -0.2) is 27.8 Å². The molecule has 2 heterocycles. The van der Waals surface area contributed by atoms with Gasteiger partial charge < -0.3 is 10.1 Å². The van der Waals surface area contributed by atoms with E-state index in [2.05, 4.69) is 17.1 Å². The van der Waals surface area contributed by atoms with E-state index in [-0.39, 0.29) is 5.60 Å². The molecule has 0 amide bonds. The summed E-state index contributed by atoms with van der Waals surface area (Å²) in [6.45, 7) is 0. The minimum absolute atomic E-state index is 0.0833. The van der Waals surface area contributed by atoms with Crippen LogP contribution in [0.2, 0.25) is 0 Å². The molecule has 1 saturated carbocycles. The van der Waals surface area contributed by atoms with Crippen LogP contribution in [0.25, 0.3) is 0 Å². The van der Waals surface area contributed by atoms with Gasteiger partial charge >= 0.3 is 0 Å². The number of rotatable bonds is 0. The number of ether oxygens (including phenoxy) is 1. The molecule has 1 N–H and O–H groups in total. The summed E-state index contributed by atoms with van der Waals surface area (Å²) < 4.78 is 5.88. The zero-order valence-electron chi connectivity index (χ0n) is 7.41. The van der Waals surface area contributed by atoms with E-state index in [1.54, 1.807) is 0 Å². The Balaban J connectivity index is 1.94. The van der Waals surface area contributed by atoms with Crippen molar-refractivity contribution in [1.29, 1.82) is 0 Å². The van der Waals surface area contributed by atoms with Crippen molar-refractivity contribution in [2.45, 2.75) is 42.6 Å². The first-order chi connectivity index (χ1) is 6.31. The number of nitrogens with one attached hydrogen (secondary N) is 1. The highest BCUT2D eigenvalue weighted by Gasteiger charge is 2.58. The van der Waals surface area contributed by atoms with Gasteiger partial charge in [-0.25, -0.2) is 0 Å². The summed E-state index contributed by atoms with van der Waals surface area (Å²) in [5.41, 5.74) is 0.0833. The van der Waals surface area contributed by atoms with E-state index >= 15 is 0 Å². The van der Waals surface area contributed by atoms with Crippen molar-refractivity contribution in [2.24, 2.45) is 0 Å². The Bertz CT molecular complexity index is 256. The molecule has 0 radical (unpaired) electrons. The van der Waals surface area contributed by atoms with Crippen LogP contribution in [0.15, 0.2) is 0 Å². The maximum absolute atomic E-state index is 5.88. The Labute approximate surface area is 87.8 Å². The molecule has 0 aromatic carbocycles. The molecular weight excluding hydrogens is 202 g/mol. The number of hydrogen-bond acceptors (Lipinski definition) is 3. The summed E-state index contributed by atoms with van der Waals surface area (Å²) >= 11 is 7.16. The van der Waals surface area contributed by atoms with Crippen molar-refractivity contribution < 1.29 is 4.74 Å². The van der Waals surface area contributed by atoms with Crippen LogP contribution in [0.4, 0.5) is 0 Å². The first-order valence-electron chi connectivity index (χ1n) is 4.92. The minimum Gasteiger partial charge on any atom is -0.461 e. The van der Waals surface area contributed by atoms with Crippen LogP contribution in [0, 0.1) is 0 Å². The predicted molar refractivity (Wildman–Crippen MR) is 58.1 cm³/mol. The number of thiocarbonyl (C=S) groups is 1. The summed E-state index contributed by atoms with van der Waals surface area (Å²) in [6, 6.07) is 0.496. The second kappa shape index (κ2) is 2.76. The van der Waals surface area contributed by atoms with Crippen LogP contribution in [0.5, 0.6) is 0 Å². The smallest absolute Gasteiger partial charge is 0.257 e. The average molecular weight is 215 g/mol. The van der Waals surface area contributed by atoms with E-state index in [0.29, 0.717) is 16.5 Å². The molecule has 2 saturated heterocycles. The Kier molecular flexibility index (Phi) is 1.78. The van der Waals surface area contributed by atoms with E-state index in [1.165, 1.54) is 31.4 Å². The lowest BCUT2D eigenvalue weighted by atomic mass is 9.80. The van der Waals surface area contributed by atoms with Crippen LogP contribution < -0.4 is 5.32 Å². The third-order valence-corrected chi connectivity index (χ3v) is 5.22. The molecular formula is C9H13NOS2. The molecule has 0 aromatic rings. The molecule has 2 nitrogen and oxygen atoms in total. The first kappa shape index (κ1) is 8.36. The predicted octanol–water partition coefficient (Wildman–Crippen LogP) is 1.69. The van der Waals surface area contributed by atoms with Crippen molar-refractivity contribution in [1.82, 2.24) is 5.32 Å².